The molecule has 0 atom stereocenters. The van der Waals surface area contributed by atoms with Gasteiger partial charge >= 0.3 is 6.09 Å². The molecule has 4 heteroatoms. The van der Waals surface area contributed by atoms with Gasteiger partial charge in [-0.1, -0.05) is 60.7 Å². The number of fused-ring (bicyclic) bond motifs is 3. The van der Waals surface area contributed by atoms with Crippen molar-refractivity contribution in [3.63, 3.8) is 0 Å². The molecule has 0 aliphatic heterocycles. The topological polar surface area (TPSA) is 46.6 Å². The van der Waals surface area contributed by atoms with E-state index in [2.05, 4.69) is 24.3 Å². The summed E-state index contributed by atoms with van der Waals surface area (Å²) in [5, 5.41) is 0. The normalized spacial score (nSPS) is 12.2. The van der Waals surface area contributed by atoms with E-state index in [9.17, 15) is 9.59 Å². The van der Waals surface area contributed by atoms with Crippen molar-refractivity contribution in [2.45, 2.75) is 5.92 Å². The van der Waals surface area contributed by atoms with Gasteiger partial charge in [0.15, 0.2) is 0 Å². The lowest BCUT2D eigenvalue weighted by Crippen LogP contribution is -2.28. The Balaban J connectivity index is 1.53. The van der Waals surface area contributed by atoms with Gasteiger partial charge in [-0.3, -0.25) is 9.69 Å². The second-order valence-electron chi connectivity index (χ2n) is 6.58. The highest BCUT2D eigenvalue weighted by Crippen LogP contribution is 2.44. The van der Waals surface area contributed by atoms with E-state index in [1.807, 2.05) is 24.3 Å². The molecule has 0 saturated heterocycles. The quantitative estimate of drug-likeness (QED) is 0.625. The lowest BCUT2D eigenvalue weighted by Gasteiger charge is -2.20. The van der Waals surface area contributed by atoms with E-state index >= 15 is 0 Å². The molecule has 1 amide bonds. The third-order valence-corrected chi connectivity index (χ3v) is 5.00. The number of aldehydes is 1. The molecular weight excluding hydrogens is 338 g/mol. The molecule has 0 bridgehead atoms. The van der Waals surface area contributed by atoms with Crippen LogP contribution in [0.25, 0.3) is 11.1 Å². The van der Waals surface area contributed by atoms with Gasteiger partial charge < -0.3 is 4.74 Å². The fourth-order valence-electron chi connectivity index (χ4n) is 3.60. The van der Waals surface area contributed by atoms with Crippen molar-refractivity contribution in [3.05, 3.63) is 89.5 Å². The fourth-order valence-corrected chi connectivity index (χ4v) is 3.60. The maximum Gasteiger partial charge on any atom is 0.414 e. The number of rotatable bonds is 4. The summed E-state index contributed by atoms with van der Waals surface area (Å²) < 4.78 is 5.63. The van der Waals surface area contributed by atoms with E-state index in [0.29, 0.717) is 11.3 Å². The lowest BCUT2D eigenvalue weighted by molar-refractivity contribution is 0.112. The summed E-state index contributed by atoms with van der Waals surface area (Å²) in [5.74, 6) is 0.0241. The highest BCUT2D eigenvalue weighted by atomic mass is 16.6. The first-order valence-electron chi connectivity index (χ1n) is 8.83. The summed E-state index contributed by atoms with van der Waals surface area (Å²) in [5.41, 5.74) is 5.89. The van der Waals surface area contributed by atoms with Crippen LogP contribution in [0.15, 0.2) is 72.8 Å². The minimum Gasteiger partial charge on any atom is -0.448 e. The van der Waals surface area contributed by atoms with Crippen LogP contribution in [-0.4, -0.2) is 26.0 Å². The van der Waals surface area contributed by atoms with Gasteiger partial charge in [0, 0.05) is 24.2 Å². The predicted octanol–water partition coefficient (Wildman–Crippen LogP) is 4.88. The zero-order chi connectivity index (χ0) is 18.8. The van der Waals surface area contributed by atoms with Crippen molar-refractivity contribution in [3.8, 4) is 11.1 Å². The molecule has 3 aromatic carbocycles. The number of anilines is 1. The second-order valence-corrected chi connectivity index (χ2v) is 6.58. The Morgan fingerprint density at radius 2 is 1.59 bits per heavy atom. The smallest absolute Gasteiger partial charge is 0.414 e. The van der Waals surface area contributed by atoms with E-state index in [4.69, 9.17) is 4.74 Å². The first-order valence-corrected chi connectivity index (χ1v) is 8.83. The summed E-state index contributed by atoms with van der Waals surface area (Å²) in [4.78, 5) is 24.9. The molecule has 0 N–H and O–H groups in total. The van der Waals surface area contributed by atoms with E-state index in [0.717, 1.165) is 6.29 Å². The van der Waals surface area contributed by atoms with Crippen molar-refractivity contribution in [1.82, 2.24) is 0 Å². The van der Waals surface area contributed by atoms with Gasteiger partial charge in [0.1, 0.15) is 12.9 Å². The molecule has 0 heterocycles. The van der Waals surface area contributed by atoms with Crippen molar-refractivity contribution >= 4 is 18.1 Å². The van der Waals surface area contributed by atoms with Crippen LogP contribution < -0.4 is 4.90 Å². The predicted molar refractivity (Wildman–Crippen MR) is 105 cm³/mol. The van der Waals surface area contributed by atoms with E-state index in [1.54, 1.807) is 31.3 Å². The van der Waals surface area contributed by atoms with Gasteiger partial charge in [0.05, 0.1) is 0 Å². The average Bonchev–Trinajstić information content (AvgIpc) is 3.05. The first-order chi connectivity index (χ1) is 13.2. The summed E-state index contributed by atoms with van der Waals surface area (Å²) in [6.07, 6.45) is 0.314. The average molecular weight is 357 g/mol. The van der Waals surface area contributed by atoms with Crippen molar-refractivity contribution < 1.29 is 14.3 Å². The Morgan fingerprint density at radius 1 is 0.963 bits per heavy atom. The number of ether oxygens (including phenoxy) is 1. The Hall–Kier alpha value is -3.40. The van der Waals surface area contributed by atoms with Crippen molar-refractivity contribution in [1.29, 1.82) is 0 Å². The van der Waals surface area contributed by atoms with Gasteiger partial charge in [-0.2, -0.15) is 0 Å². The number of carbonyl (C=O) groups is 2. The number of hydrogen-bond donors (Lipinski definition) is 0. The van der Waals surface area contributed by atoms with Crippen molar-refractivity contribution in [2.24, 2.45) is 0 Å². The SMILES string of the molecule is CN(C(=O)OCC1c2ccccc2-c2ccccc21)c1cccc(C=O)c1. The third kappa shape index (κ3) is 3.10. The van der Waals surface area contributed by atoms with E-state index in [-0.39, 0.29) is 12.5 Å². The molecule has 0 fully saturated rings. The molecule has 0 radical (unpaired) electrons. The molecular formula is C23H19NO3. The first kappa shape index (κ1) is 17.0. The standard InChI is InChI=1S/C23H19NO3/c1-24(17-8-6-7-16(13-17)14-25)23(26)27-15-22-20-11-4-2-9-18(20)19-10-3-5-12-21(19)22/h2-14,22H,15H2,1H3. The molecule has 0 saturated carbocycles. The molecule has 4 rings (SSSR count). The number of carbonyl (C=O) groups excluding carboxylic acids is 2. The Morgan fingerprint density at radius 3 is 2.22 bits per heavy atom. The molecule has 1 aliphatic carbocycles. The van der Waals surface area contributed by atoms with Crippen molar-refractivity contribution in [2.75, 3.05) is 18.6 Å². The molecule has 27 heavy (non-hydrogen) atoms. The molecule has 134 valence electrons. The number of benzene rings is 3. The fraction of sp³-hybridized carbons (Fsp3) is 0.130. The van der Waals surface area contributed by atoms with Gasteiger partial charge in [-0.25, -0.2) is 4.79 Å². The highest BCUT2D eigenvalue weighted by molar-refractivity contribution is 5.89. The number of amides is 1. The molecule has 3 aromatic rings. The monoisotopic (exact) mass is 357 g/mol. The second kappa shape index (κ2) is 7.08. The van der Waals surface area contributed by atoms with Crippen LogP contribution in [0.3, 0.4) is 0 Å². The Kier molecular flexibility index (Phi) is 4.47. The third-order valence-electron chi connectivity index (χ3n) is 5.00. The van der Waals surface area contributed by atoms with Crippen LogP contribution in [0, 0.1) is 0 Å². The van der Waals surface area contributed by atoms with Gasteiger partial charge in [0.25, 0.3) is 0 Å². The largest absolute Gasteiger partial charge is 0.448 e. The molecule has 0 spiro atoms. The summed E-state index contributed by atoms with van der Waals surface area (Å²) in [6.45, 7) is 0.268. The van der Waals surface area contributed by atoms with Crippen LogP contribution >= 0.6 is 0 Å². The van der Waals surface area contributed by atoms with Crippen LogP contribution in [0.4, 0.5) is 10.5 Å². The minimum absolute atomic E-state index is 0.0241. The number of nitrogens with zero attached hydrogens (tertiary/aromatic N) is 1. The van der Waals surface area contributed by atoms with E-state index in [1.165, 1.54) is 27.2 Å². The highest BCUT2D eigenvalue weighted by Gasteiger charge is 2.29. The zero-order valence-corrected chi connectivity index (χ0v) is 15.0. The molecule has 1 aliphatic rings. The summed E-state index contributed by atoms with van der Waals surface area (Å²) in [7, 11) is 1.64. The maximum atomic E-state index is 12.5. The molecule has 0 aromatic heterocycles. The molecule has 0 unspecified atom stereocenters. The Labute approximate surface area is 158 Å². The van der Waals surface area contributed by atoms with E-state index < -0.39 is 6.09 Å². The zero-order valence-electron chi connectivity index (χ0n) is 15.0. The lowest BCUT2D eigenvalue weighted by atomic mass is 9.98. The van der Waals surface area contributed by atoms with Gasteiger partial charge in [-0.15, -0.1) is 0 Å². The summed E-state index contributed by atoms with van der Waals surface area (Å²) in [6, 6.07) is 23.3. The summed E-state index contributed by atoms with van der Waals surface area (Å²) >= 11 is 0. The van der Waals surface area contributed by atoms with Crippen LogP contribution in [0.1, 0.15) is 27.4 Å². The van der Waals surface area contributed by atoms with Gasteiger partial charge in [-0.05, 0) is 34.4 Å². The molecule has 4 nitrogen and oxygen atoms in total. The van der Waals surface area contributed by atoms with Crippen LogP contribution in [-0.2, 0) is 4.74 Å². The number of hydrogen-bond acceptors (Lipinski definition) is 3. The minimum atomic E-state index is -0.445. The maximum absolute atomic E-state index is 12.5. The Bertz CT molecular complexity index is 966. The van der Waals surface area contributed by atoms with Gasteiger partial charge in [0.2, 0.25) is 0 Å². The van der Waals surface area contributed by atoms with Crippen LogP contribution in [0.2, 0.25) is 0 Å². The van der Waals surface area contributed by atoms with Crippen LogP contribution in [0.5, 0.6) is 0 Å².